The normalized spacial score (nSPS) is 13.9. The number of nitrogens with one attached hydrogen (secondary N) is 2. The fourth-order valence-electron chi connectivity index (χ4n) is 3.68. The number of aromatic nitrogens is 1. The molecule has 3 aromatic rings. The molecule has 4 rings (SSSR count). The SMILES string of the molecule is CCOc1cc(C2N=C(NC#N)Nc3nc(N)c(C#N)c(N)c32)ccc1OCc1ccccc1Cl. The zero-order valence-corrected chi connectivity index (χ0v) is 19.4. The molecule has 0 bridgehead atoms. The van der Waals surface area contributed by atoms with E-state index in [4.69, 9.17) is 37.8 Å². The average molecular weight is 489 g/mol. The summed E-state index contributed by atoms with van der Waals surface area (Å²) in [4.78, 5) is 8.84. The molecular formula is C24H21ClN8O2. The number of benzene rings is 2. The number of aliphatic imine (C=N–C) groups is 1. The van der Waals surface area contributed by atoms with E-state index in [1.54, 1.807) is 24.3 Å². The molecular weight excluding hydrogens is 468 g/mol. The van der Waals surface area contributed by atoms with Crippen LogP contribution >= 0.6 is 11.6 Å². The van der Waals surface area contributed by atoms with Gasteiger partial charge in [-0.2, -0.15) is 10.5 Å². The van der Waals surface area contributed by atoms with Crippen LogP contribution < -0.4 is 31.6 Å². The van der Waals surface area contributed by atoms with Gasteiger partial charge in [0.1, 0.15) is 35.9 Å². The molecule has 1 aromatic heterocycles. The van der Waals surface area contributed by atoms with Crippen LogP contribution in [0.1, 0.15) is 35.2 Å². The molecule has 6 N–H and O–H groups in total. The molecule has 0 spiro atoms. The van der Waals surface area contributed by atoms with Crippen molar-refractivity contribution < 1.29 is 9.47 Å². The van der Waals surface area contributed by atoms with Crippen molar-refractivity contribution in [2.75, 3.05) is 23.4 Å². The molecule has 0 fully saturated rings. The van der Waals surface area contributed by atoms with E-state index in [0.717, 1.165) is 5.56 Å². The number of guanidine groups is 1. The minimum atomic E-state index is -0.695. The van der Waals surface area contributed by atoms with E-state index in [-0.39, 0.29) is 29.6 Å². The highest BCUT2D eigenvalue weighted by atomic mass is 35.5. The fourth-order valence-corrected chi connectivity index (χ4v) is 3.87. The van der Waals surface area contributed by atoms with Crippen molar-refractivity contribution >= 4 is 34.9 Å². The lowest BCUT2D eigenvalue weighted by Crippen LogP contribution is -2.32. The Morgan fingerprint density at radius 1 is 1.14 bits per heavy atom. The van der Waals surface area contributed by atoms with Crippen LogP contribution in [0.3, 0.4) is 0 Å². The topological polar surface area (TPSA) is 167 Å². The Morgan fingerprint density at radius 2 is 1.94 bits per heavy atom. The smallest absolute Gasteiger partial charge is 0.211 e. The van der Waals surface area contributed by atoms with Crippen LogP contribution in [-0.2, 0) is 6.61 Å². The minimum Gasteiger partial charge on any atom is -0.490 e. The molecule has 2 heterocycles. The van der Waals surface area contributed by atoms with E-state index in [0.29, 0.717) is 40.1 Å². The van der Waals surface area contributed by atoms with Crippen molar-refractivity contribution in [3.05, 3.63) is 69.7 Å². The molecule has 35 heavy (non-hydrogen) atoms. The van der Waals surface area contributed by atoms with Gasteiger partial charge >= 0.3 is 0 Å². The van der Waals surface area contributed by atoms with Gasteiger partial charge in [0.25, 0.3) is 0 Å². The third-order valence-electron chi connectivity index (χ3n) is 5.28. The van der Waals surface area contributed by atoms with Gasteiger partial charge in [0.2, 0.25) is 5.96 Å². The molecule has 0 saturated carbocycles. The Bertz CT molecular complexity index is 1390. The number of nitrogens with zero attached hydrogens (tertiary/aromatic N) is 4. The number of pyridine rings is 1. The third kappa shape index (κ3) is 4.69. The Morgan fingerprint density at radius 3 is 2.66 bits per heavy atom. The number of ether oxygens (including phenoxy) is 2. The minimum absolute atomic E-state index is 0.0217. The molecule has 1 unspecified atom stereocenters. The zero-order valence-electron chi connectivity index (χ0n) is 18.7. The predicted molar refractivity (Wildman–Crippen MR) is 133 cm³/mol. The van der Waals surface area contributed by atoms with Crippen LogP contribution in [0.15, 0.2) is 47.5 Å². The number of halogens is 1. The molecule has 1 atom stereocenters. The maximum atomic E-state index is 9.51. The quantitative estimate of drug-likeness (QED) is 0.298. The largest absolute Gasteiger partial charge is 0.490 e. The van der Waals surface area contributed by atoms with Crippen molar-refractivity contribution in [2.45, 2.75) is 19.6 Å². The third-order valence-corrected chi connectivity index (χ3v) is 5.65. The molecule has 2 aromatic carbocycles. The lowest BCUT2D eigenvalue weighted by Gasteiger charge is -2.26. The van der Waals surface area contributed by atoms with E-state index in [9.17, 15) is 5.26 Å². The lowest BCUT2D eigenvalue weighted by atomic mass is 9.95. The Hall–Kier alpha value is -4.67. The molecule has 0 radical (unpaired) electrons. The number of rotatable bonds is 6. The van der Waals surface area contributed by atoms with E-state index >= 15 is 0 Å². The van der Waals surface area contributed by atoms with Crippen molar-refractivity contribution in [3.8, 4) is 23.8 Å². The van der Waals surface area contributed by atoms with Crippen molar-refractivity contribution in [1.82, 2.24) is 10.3 Å². The van der Waals surface area contributed by atoms with Crippen LogP contribution in [0.2, 0.25) is 5.02 Å². The van der Waals surface area contributed by atoms with Crippen LogP contribution in [0.4, 0.5) is 17.3 Å². The van der Waals surface area contributed by atoms with Gasteiger partial charge in [0.05, 0.1) is 12.3 Å². The van der Waals surface area contributed by atoms with E-state index < -0.39 is 6.04 Å². The second-order valence-electron chi connectivity index (χ2n) is 7.42. The maximum Gasteiger partial charge on any atom is 0.211 e. The maximum absolute atomic E-state index is 9.51. The highest BCUT2D eigenvalue weighted by Gasteiger charge is 2.30. The lowest BCUT2D eigenvalue weighted by molar-refractivity contribution is 0.269. The fraction of sp³-hybridized carbons (Fsp3) is 0.167. The van der Waals surface area contributed by atoms with Gasteiger partial charge < -0.3 is 26.3 Å². The first kappa shape index (κ1) is 23.5. The van der Waals surface area contributed by atoms with Gasteiger partial charge in [-0.1, -0.05) is 35.9 Å². The van der Waals surface area contributed by atoms with Crippen molar-refractivity contribution in [3.63, 3.8) is 0 Å². The average Bonchev–Trinajstić information content (AvgIpc) is 2.84. The Kier molecular flexibility index (Phi) is 6.76. The number of hydrogen-bond acceptors (Lipinski definition) is 10. The summed E-state index contributed by atoms with van der Waals surface area (Å²) in [5.41, 5.74) is 14.4. The van der Waals surface area contributed by atoms with Gasteiger partial charge in [-0.05, 0) is 30.7 Å². The highest BCUT2D eigenvalue weighted by molar-refractivity contribution is 6.31. The molecule has 0 amide bonds. The van der Waals surface area contributed by atoms with Gasteiger partial charge in [-0.15, -0.1) is 0 Å². The Labute approximate surface area is 206 Å². The molecule has 10 nitrogen and oxygen atoms in total. The first-order valence-electron chi connectivity index (χ1n) is 10.6. The van der Waals surface area contributed by atoms with Gasteiger partial charge in [-0.25, -0.2) is 9.98 Å². The van der Waals surface area contributed by atoms with Crippen LogP contribution in [-0.4, -0.2) is 17.6 Å². The molecule has 1 aliphatic rings. The monoisotopic (exact) mass is 488 g/mol. The second-order valence-corrected chi connectivity index (χ2v) is 7.83. The molecule has 1 aliphatic heterocycles. The van der Waals surface area contributed by atoms with Gasteiger partial charge in [0, 0.05) is 16.1 Å². The van der Waals surface area contributed by atoms with E-state index in [1.807, 2.05) is 37.4 Å². The summed E-state index contributed by atoms with van der Waals surface area (Å²) in [6, 6.07) is 14.1. The molecule has 11 heteroatoms. The summed E-state index contributed by atoms with van der Waals surface area (Å²) >= 11 is 6.25. The number of hydrogen-bond donors (Lipinski definition) is 4. The zero-order chi connectivity index (χ0) is 24.9. The van der Waals surface area contributed by atoms with E-state index in [2.05, 4.69) is 20.6 Å². The molecule has 0 saturated heterocycles. The molecule has 0 aliphatic carbocycles. The number of nitrogens with two attached hydrogens (primary N) is 2. The highest BCUT2D eigenvalue weighted by Crippen LogP contribution is 2.42. The van der Waals surface area contributed by atoms with Crippen LogP contribution in [0.5, 0.6) is 11.5 Å². The van der Waals surface area contributed by atoms with Gasteiger partial charge in [-0.3, -0.25) is 5.32 Å². The number of nitrogen functional groups attached to an aromatic ring is 2. The van der Waals surface area contributed by atoms with Gasteiger partial charge in [0.15, 0.2) is 17.7 Å². The number of anilines is 3. The summed E-state index contributed by atoms with van der Waals surface area (Å²) in [7, 11) is 0. The van der Waals surface area contributed by atoms with Crippen LogP contribution in [0, 0.1) is 22.8 Å². The first-order valence-corrected chi connectivity index (χ1v) is 11.0. The summed E-state index contributed by atoms with van der Waals surface area (Å²) in [6.45, 7) is 2.52. The summed E-state index contributed by atoms with van der Waals surface area (Å²) < 4.78 is 11.8. The molecule has 176 valence electrons. The van der Waals surface area contributed by atoms with Crippen molar-refractivity contribution in [1.29, 1.82) is 10.5 Å². The predicted octanol–water partition coefficient (Wildman–Crippen LogP) is 3.69. The Balaban J connectivity index is 1.76. The second kappa shape index (κ2) is 10.1. The van der Waals surface area contributed by atoms with E-state index in [1.165, 1.54) is 0 Å². The summed E-state index contributed by atoms with van der Waals surface area (Å²) in [5, 5.41) is 24.6. The standard InChI is InChI=1S/C24H21ClN8O2/c1-2-34-18-9-13(7-8-17(18)35-11-14-5-3-4-6-16(14)25)21-19-20(28)15(10-26)22(29)32-23(19)33-24(31-21)30-12-27/h3-9,21H,2,11H2,1H3,(H6,28,29,30,31,32,33). The van der Waals surface area contributed by atoms with Crippen molar-refractivity contribution in [2.24, 2.45) is 4.99 Å². The van der Waals surface area contributed by atoms with Crippen LogP contribution in [0.25, 0.3) is 0 Å². The number of fused-ring (bicyclic) bond motifs is 1. The first-order chi connectivity index (χ1) is 17.0. The summed E-state index contributed by atoms with van der Waals surface area (Å²) in [5.74, 6) is 1.45. The number of nitriles is 2. The summed E-state index contributed by atoms with van der Waals surface area (Å²) in [6.07, 6.45) is 1.83.